The van der Waals surface area contributed by atoms with E-state index in [1.54, 1.807) is 0 Å². The lowest BCUT2D eigenvalue weighted by atomic mass is 10.0. The third kappa shape index (κ3) is 3.68. The van der Waals surface area contributed by atoms with Crippen LogP contribution in [-0.4, -0.2) is 29.0 Å². The summed E-state index contributed by atoms with van der Waals surface area (Å²) in [6.07, 6.45) is 0. The van der Waals surface area contributed by atoms with Crippen molar-refractivity contribution in [3.8, 4) is 0 Å². The van der Waals surface area contributed by atoms with Gasteiger partial charge in [-0.2, -0.15) is 11.8 Å². The van der Waals surface area contributed by atoms with Crippen molar-refractivity contribution in [1.82, 2.24) is 0 Å². The molecule has 0 bridgehead atoms. The van der Waals surface area contributed by atoms with Crippen molar-refractivity contribution >= 4 is 17.5 Å². The van der Waals surface area contributed by atoms with Crippen molar-refractivity contribution in [1.29, 1.82) is 0 Å². The first-order valence-electron chi connectivity index (χ1n) is 4.94. The molecule has 1 rings (SSSR count). The lowest BCUT2D eigenvalue weighted by Crippen LogP contribution is -2.06. The normalized spacial score (nSPS) is 10.3. The predicted octanol–water partition coefficient (Wildman–Crippen LogP) is 2.21. The summed E-state index contributed by atoms with van der Waals surface area (Å²) in [5.41, 5.74) is 2.94. The van der Waals surface area contributed by atoms with Gasteiger partial charge in [0.05, 0.1) is 12.4 Å². The fraction of sp³-hybridized carbons (Fsp3) is 0.417. The van der Waals surface area contributed by atoms with Crippen LogP contribution < -0.4 is 0 Å². The first-order chi connectivity index (χ1) is 7.15. The van der Waals surface area contributed by atoms with E-state index in [9.17, 15) is 4.79 Å². The van der Waals surface area contributed by atoms with E-state index in [1.807, 2.05) is 32.0 Å². The molecule has 0 saturated heterocycles. The van der Waals surface area contributed by atoms with Crippen LogP contribution in [0.2, 0.25) is 0 Å². The minimum absolute atomic E-state index is 0.130. The zero-order valence-corrected chi connectivity index (χ0v) is 9.93. The Labute approximate surface area is 94.7 Å². The largest absolute Gasteiger partial charge is 0.396 e. The second kappa shape index (κ2) is 5.93. The number of carbonyl (C=O) groups is 1. The monoisotopic (exact) mass is 224 g/mol. The zero-order chi connectivity index (χ0) is 11.3. The maximum absolute atomic E-state index is 11.8. The number of thioether (sulfide) groups is 1. The van der Waals surface area contributed by atoms with Crippen LogP contribution in [0.3, 0.4) is 0 Å². The van der Waals surface area contributed by atoms with Crippen LogP contribution in [0.25, 0.3) is 0 Å². The number of rotatable bonds is 5. The van der Waals surface area contributed by atoms with Gasteiger partial charge in [0.25, 0.3) is 0 Å². The number of hydrogen-bond acceptors (Lipinski definition) is 3. The van der Waals surface area contributed by atoms with Gasteiger partial charge in [-0.1, -0.05) is 17.7 Å². The number of aliphatic hydroxyl groups excluding tert-OH is 1. The minimum atomic E-state index is 0.130. The molecular weight excluding hydrogens is 208 g/mol. The van der Waals surface area contributed by atoms with E-state index in [0.29, 0.717) is 11.5 Å². The summed E-state index contributed by atoms with van der Waals surface area (Å²) in [7, 11) is 0. The Morgan fingerprint density at radius 2 is 2.13 bits per heavy atom. The topological polar surface area (TPSA) is 37.3 Å². The smallest absolute Gasteiger partial charge is 0.172 e. The number of hydrogen-bond donors (Lipinski definition) is 1. The van der Waals surface area contributed by atoms with Gasteiger partial charge in [0.2, 0.25) is 0 Å². The first kappa shape index (κ1) is 12.3. The zero-order valence-electron chi connectivity index (χ0n) is 9.12. The molecule has 3 heteroatoms. The van der Waals surface area contributed by atoms with Crippen molar-refractivity contribution in [3.63, 3.8) is 0 Å². The average Bonchev–Trinajstić information content (AvgIpc) is 2.22. The highest BCUT2D eigenvalue weighted by molar-refractivity contribution is 8.00. The van der Waals surface area contributed by atoms with Crippen molar-refractivity contribution in [2.75, 3.05) is 18.1 Å². The van der Waals surface area contributed by atoms with Gasteiger partial charge in [0, 0.05) is 11.3 Å². The molecule has 82 valence electrons. The summed E-state index contributed by atoms with van der Waals surface area (Å²) >= 11 is 1.47. The summed E-state index contributed by atoms with van der Waals surface area (Å²) in [4.78, 5) is 11.8. The Morgan fingerprint density at radius 3 is 2.80 bits per heavy atom. The standard InChI is InChI=1S/C12H16O2S/c1-9-3-4-10(2)11(7-9)12(14)8-15-6-5-13/h3-4,7,13H,5-6,8H2,1-2H3. The Balaban J connectivity index is 2.68. The third-order valence-corrected chi connectivity index (χ3v) is 3.10. The van der Waals surface area contributed by atoms with Crippen LogP contribution in [0.1, 0.15) is 21.5 Å². The number of ketones is 1. The van der Waals surface area contributed by atoms with Gasteiger partial charge in [0.1, 0.15) is 0 Å². The van der Waals surface area contributed by atoms with E-state index in [0.717, 1.165) is 16.7 Å². The lowest BCUT2D eigenvalue weighted by molar-refractivity contribution is 0.102. The first-order valence-corrected chi connectivity index (χ1v) is 6.09. The van der Waals surface area contributed by atoms with E-state index in [1.165, 1.54) is 11.8 Å². The van der Waals surface area contributed by atoms with Crippen LogP contribution in [-0.2, 0) is 0 Å². The van der Waals surface area contributed by atoms with Crippen molar-refractivity contribution in [3.05, 3.63) is 34.9 Å². The quantitative estimate of drug-likeness (QED) is 0.615. The van der Waals surface area contributed by atoms with Crippen LogP contribution >= 0.6 is 11.8 Å². The molecule has 2 nitrogen and oxygen atoms in total. The summed E-state index contributed by atoms with van der Waals surface area (Å²) in [5, 5.41) is 8.62. The number of aryl methyl sites for hydroxylation is 2. The molecule has 15 heavy (non-hydrogen) atoms. The number of aliphatic hydroxyl groups is 1. The molecule has 1 N–H and O–H groups in total. The summed E-state index contributed by atoms with van der Waals surface area (Å²) in [6, 6.07) is 5.91. The fourth-order valence-corrected chi connectivity index (χ4v) is 1.96. The van der Waals surface area contributed by atoms with Gasteiger partial charge >= 0.3 is 0 Å². The highest BCUT2D eigenvalue weighted by Gasteiger charge is 2.08. The van der Waals surface area contributed by atoms with Crippen LogP contribution in [0.4, 0.5) is 0 Å². The van der Waals surface area contributed by atoms with Gasteiger partial charge in [-0.3, -0.25) is 4.79 Å². The molecule has 1 aromatic carbocycles. The summed E-state index contributed by atoms with van der Waals surface area (Å²) in [6.45, 7) is 4.06. The van der Waals surface area contributed by atoms with E-state index < -0.39 is 0 Å². The van der Waals surface area contributed by atoms with E-state index in [2.05, 4.69) is 0 Å². The van der Waals surface area contributed by atoms with Gasteiger partial charge in [0.15, 0.2) is 5.78 Å². The van der Waals surface area contributed by atoms with Crippen molar-refractivity contribution in [2.24, 2.45) is 0 Å². The molecule has 0 aromatic heterocycles. The molecule has 0 fully saturated rings. The highest BCUT2D eigenvalue weighted by atomic mass is 32.2. The summed E-state index contributed by atoms with van der Waals surface area (Å²) < 4.78 is 0. The molecule has 0 spiro atoms. The van der Waals surface area contributed by atoms with E-state index in [-0.39, 0.29) is 12.4 Å². The number of Topliss-reactive ketones (excluding diaryl/α,β-unsaturated/α-hetero) is 1. The fourth-order valence-electron chi connectivity index (χ4n) is 1.34. The molecule has 0 atom stereocenters. The molecule has 0 heterocycles. The Hall–Kier alpha value is -0.800. The van der Waals surface area contributed by atoms with Crippen molar-refractivity contribution < 1.29 is 9.90 Å². The van der Waals surface area contributed by atoms with Gasteiger partial charge in [-0.15, -0.1) is 0 Å². The van der Waals surface area contributed by atoms with Crippen molar-refractivity contribution in [2.45, 2.75) is 13.8 Å². The van der Waals surface area contributed by atoms with E-state index >= 15 is 0 Å². The summed E-state index contributed by atoms with van der Waals surface area (Å²) in [5.74, 6) is 1.22. The number of carbonyl (C=O) groups excluding carboxylic acids is 1. The Morgan fingerprint density at radius 1 is 1.40 bits per heavy atom. The molecule has 1 aromatic rings. The van der Waals surface area contributed by atoms with Crippen LogP contribution in [0.5, 0.6) is 0 Å². The SMILES string of the molecule is Cc1ccc(C)c(C(=O)CSCCO)c1. The van der Waals surface area contributed by atoms with E-state index in [4.69, 9.17) is 5.11 Å². The predicted molar refractivity (Wildman–Crippen MR) is 64.7 cm³/mol. The molecule has 0 radical (unpaired) electrons. The van der Waals surface area contributed by atoms with Crippen LogP contribution in [0.15, 0.2) is 18.2 Å². The molecule has 0 aliphatic rings. The third-order valence-electron chi connectivity index (χ3n) is 2.16. The highest BCUT2D eigenvalue weighted by Crippen LogP contribution is 2.13. The molecule has 0 unspecified atom stereocenters. The average molecular weight is 224 g/mol. The Bertz CT molecular complexity index is 347. The molecule has 0 aliphatic carbocycles. The minimum Gasteiger partial charge on any atom is -0.396 e. The molecule has 0 aliphatic heterocycles. The van der Waals surface area contributed by atoms with Crippen LogP contribution in [0, 0.1) is 13.8 Å². The second-order valence-electron chi connectivity index (χ2n) is 3.52. The van der Waals surface area contributed by atoms with Gasteiger partial charge in [-0.25, -0.2) is 0 Å². The lowest BCUT2D eigenvalue weighted by Gasteiger charge is -2.05. The molecule has 0 saturated carbocycles. The maximum atomic E-state index is 11.8. The molecule has 0 amide bonds. The second-order valence-corrected chi connectivity index (χ2v) is 4.62. The number of benzene rings is 1. The molecular formula is C12H16O2S. The van der Waals surface area contributed by atoms with Gasteiger partial charge in [-0.05, 0) is 25.5 Å². The Kier molecular flexibility index (Phi) is 4.85. The van der Waals surface area contributed by atoms with Gasteiger partial charge < -0.3 is 5.11 Å². The maximum Gasteiger partial charge on any atom is 0.172 e.